The van der Waals surface area contributed by atoms with Crippen LogP contribution in [0, 0.1) is 6.92 Å². The number of aryl methyl sites for hydroxylation is 2. The van der Waals surface area contributed by atoms with E-state index < -0.39 is 0 Å². The number of thiophene rings is 1. The fraction of sp³-hybridized carbons (Fsp3) is 0.538. The monoisotopic (exact) mass is 314 g/mol. The molecule has 2 aromatic rings. The third-order valence-corrected chi connectivity index (χ3v) is 4.79. The standard InChI is InChI=1S/C13H18N4OS.ClH/c1-8-10-6-11(19-13(10)17(2)16-8)12(18)15-7-9-4-3-5-14-9;/h6,9,14H,3-5,7H2,1-2H3,(H,15,18);1H. The number of hydrogen-bond donors (Lipinski definition) is 2. The van der Waals surface area contributed by atoms with Gasteiger partial charge in [-0.05, 0) is 32.4 Å². The van der Waals surface area contributed by atoms with E-state index in [4.69, 9.17) is 0 Å². The molecule has 0 saturated carbocycles. The third-order valence-electron chi connectivity index (χ3n) is 3.59. The van der Waals surface area contributed by atoms with Crippen molar-refractivity contribution in [3.05, 3.63) is 16.6 Å². The second-order valence-electron chi connectivity index (χ2n) is 5.04. The maximum atomic E-state index is 12.1. The quantitative estimate of drug-likeness (QED) is 0.909. The zero-order valence-corrected chi connectivity index (χ0v) is 13.2. The molecule has 3 rings (SSSR count). The number of carbonyl (C=O) groups excluding carboxylic acids is 1. The fourth-order valence-corrected chi connectivity index (χ4v) is 3.59. The van der Waals surface area contributed by atoms with E-state index in [9.17, 15) is 4.79 Å². The maximum Gasteiger partial charge on any atom is 0.261 e. The molecule has 7 heteroatoms. The van der Waals surface area contributed by atoms with Crippen LogP contribution in [0.15, 0.2) is 6.07 Å². The molecule has 1 atom stereocenters. The minimum Gasteiger partial charge on any atom is -0.350 e. The molecule has 0 aliphatic carbocycles. The van der Waals surface area contributed by atoms with Crippen LogP contribution in [0.1, 0.15) is 28.2 Å². The minimum atomic E-state index is 0. The van der Waals surface area contributed by atoms with Gasteiger partial charge in [0.05, 0.1) is 10.6 Å². The Kier molecular flexibility index (Phi) is 4.67. The molecule has 110 valence electrons. The van der Waals surface area contributed by atoms with Crippen LogP contribution in [0.5, 0.6) is 0 Å². The van der Waals surface area contributed by atoms with E-state index in [0.29, 0.717) is 12.6 Å². The number of amides is 1. The lowest BCUT2D eigenvalue weighted by atomic mass is 10.2. The highest BCUT2D eigenvalue weighted by molar-refractivity contribution is 7.20. The Morgan fingerprint density at radius 2 is 2.45 bits per heavy atom. The molecule has 2 N–H and O–H groups in total. The summed E-state index contributed by atoms with van der Waals surface area (Å²) in [5, 5.41) is 11.8. The lowest BCUT2D eigenvalue weighted by Crippen LogP contribution is -2.36. The predicted molar refractivity (Wildman–Crippen MR) is 83.9 cm³/mol. The van der Waals surface area contributed by atoms with Gasteiger partial charge < -0.3 is 10.6 Å². The van der Waals surface area contributed by atoms with Crippen molar-refractivity contribution in [2.45, 2.75) is 25.8 Å². The molecule has 20 heavy (non-hydrogen) atoms. The first kappa shape index (κ1) is 15.3. The number of nitrogens with one attached hydrogen (secondary N) is 2. The third kappa shape index (κ3) is 2.82. The summed E-state index contributed by atoms with van der Waals surface area (Å²) < 4.78 is 1.84. The summed E-state index contributed by atoms with van der Waals surface area (Å²) >= 11 is 1.50. The summed E-state index contributed by atoms with van der Waals surface area (Å²) in [4.78, 5) is 14.0. The predicted octanol–water partition coefficient (Wildman–Crippen LogP) is 1.85. The van der Waals surface area contributed by atoms with Crippen molar-refractivity contribution in [1.29, 1.82) is 0 Å². The zero-order chi connectivity index (χ0) is 13.4. The second-order valence-corrected chi connectivity index (χ2v) is 6.07. The first-order chi connectivity index (χ1) is 9.15. The van der Waals surface area contributed by atoms with E-state index in [2.05, 4.69) is 15.7 Å². The molecule has 1 fully saturated rings. The molecule has 0 aromatic carbocycles. The average molecular weight is 315 g/mol. The van der Waals surface area contributed by atoms with Crippen LogP contribution < -0.4 is 10.6 Å². The molecular weight excluding hydrogens is 296 g/mol. The summed E-state index contributed by atoms with van der Waals surface area (Å²) in [6.07, 6.45) is 2.35. The molecule has 1 aliphatic heterocycles. The first-order valence-electron chi connectivity index (χ1n) is 6.60. The van der Waals surface area contributed by atoms with Gasteiger partial charge in [0.25, 0.3) is 5.91 Å². The Balaban J connectivity index is 0.00000147. The van der Waals surface area contributed by atoms with Crippen molar-refractivity contribution in [2.75, 3.05) is 13.1 Å². The lowest BCUT2D eigenvalue weighted by molar-refractivity contribution is 0.0954. The second kappa shape index (κ2) is 6.11. The van der Waals surface area contributed by atoms with Gasteiger partial charge in [0.2, 0.25) is 0 Å². The highest BCUT2D eigenvalue weighted by Gasteiger charge is 2.18. The van der Waals surface area contributed by atoms with Gasteiger partial charge in [0.1, 0.15) is 4.83 Å². The van der Waals surface area contributed by atoms with Gasteiger partial charge in [-0.15, -0.1) is 23.7 Å². The molecule has 1 aliphatic rings. The SMILES string of the molecule is Cc1nn(C)c2sc(C(=O)NCC3CCCN3)cc12.Cl. The van der Waals surface area contributed by atoms with Gasteiger partial charge in [-0.1, -0.05) is 0 Å². The van der Waals surface area contributed by atoms with Crippen molar-refractivity contribution < 1.29 is 4.79 Å². The Morgan fingerprint density at radius 1 is 1.65 bits per heavy atom. The van der Waals surface area contributed by atoms with E-state index in [1.807, 2.05) is 24.7 Å². The lowest BCUT2D eigenvalue weighted by Gasteiger charge is -2.10. The number of fused-ring (bicyclic) bond motifs is 1. The summed E-state index contributed by atoms with van der Waals surface area (Å²) in [7, 11) is 1.91. The Bertz CT molecular complexity index is 581. The van der Waals surface area contributed by atoms with Gasteiger partial charge >= 0.3 is 0 Å². The number of hydrogen-bond acceptors (Lipinski definition) is 4. The van der Waals surface area contributed by atoms with E-state index in [1.54, 1.807) is 0 Å². The normalized spacial score (nSPS) is 18.2. The molecule has 0 radical (unpaired) electrons. The molecule has 5 nitrogen and oxygen atoms in total. The summed E-state index contributed by atoms with van der Waals surface area (Å²) in [6.45, 7) is 3.75. The number of rotatable bonds is 3. The van der Waals surface area contributed by atoms with Crippen molar-refractivity contribution in [1.82, 2.24) is 20.4 Å². The van der Waals surface area contributed by atoms with Crippen molar-refractivity contribution in [3.8, 4) is 0 Å². The number of nitrogens with zero attached hydrogens (tertiary/aromatic N) is 2. The van der Waals surface area contributed by atoms with Gasteiger partial charge in [0.15, 0.2) is 0 Å². The molecule has 1 amide bonds. The summed E-state index contributed by atoms with van der Waals surface area (Å²) in [6, 6.07) is 2.38. The molecule has 3 heterocycles. The largest absolute Gasteiger partial charge is 0.350 e. The molecule has 1 unspecified atom stereocenters. The van der Waals surface area contributed by atoms with Gasteiger partial charge in [-0.25, -0.2) is 0 Å². The van der Waals surface area contributed by atoms with Crippen molar-refractivity contribution in [3.63, 3.8) is 0 Å². The summed E-state index contributed by atoms with van der Waals surface area (Å²) in [5.41, 5.74) is 0.977. The van der Waals surface area contributed by atoms with Crippen molar-refractivity contribution in [2.24, 2.45) is 7.05 Å². The zero-order valence-electron chi connectivity index (χ0n) is 11.6. The summed E-state index contributed by atoms with van der Waals surface area (Å²) in [5.74, 6) is 0.0225. The van der Waals surface area contributed by atoms with Crippen LogP contribution in [0.4, 0.5) is 0 Å². The van der Waals surface area contributed by atoms with Crippen LogP contribution >= 0.6 is 23.7 Å². The minimum absolute atomic E-state index is 0. The van der Waals surface area contributed by atoms with E-state index in [1.165, 1.54) is 17.8 Å². The Labute approximate surface area is 128 Å². The first-order valence-corrected chi connectivity index (χ1v) is 7.41. The number of carbonyl (C=O) groups is 1. The topological polar surface area (TPSA) is 59.0 Å². The maximum absolute atomic E-state index is 12.1. The van der Waals surface area contributed by atoms with Crippen molar-refractivity contribution >= 4 is 39.9 Å². The Hall–Kier alpha value is -1.11. The Morgan fingerprint density at radius 3 is 3.10 bits per heavy atom. The van der Waals surface area contributed by atoms with Crippen LogP contribution in [0.2, 0.25) is 0 Å². The molecular formula is C13H19ClN4OS. The fourth-order valence-electron chi connectivity index (χ4n) is 2.55. The van der Waals surface area contributed by atoms with Gasteiger partial charge in [-0.3, -0.25) is 9.48 Å². The van der Waals surface area contributed by atoms with Gasteiger partial charge in [-0.2, -0.15) is 5.10 Å². The molecule has 2 aromatic heterocycles. The van der Waals surface area contributed by atoms with E-state index in [-0.39, 0.29) is 18.3 Å². The highest BCUT2D eigenvalue weighted by Crippen LogP contribution is 2.27. The number of aromatic nitrogens is 2. The highest BCUT2D eigenvalue weighted by atomic mass is 35.5. The van der Waals surface area contributed by atoms with Gasteiger partial charge in [0, 0.05) is 25.0 Å². The van der Waals surface area contributed by atoms with Crippen LogP contribution in [-0.4, -0.2) is 34.8 Å². The van der Waals surface area contributed by atoms with Crippen LogP contribution in [-0.2, 0) is 7.05 Å². The number of halogens is 1. The average Bonchev–Trinajstić information content (AvgIpc) is 3.08. The molecule has 0 bridgehead atoms. The van der Waals surface area contributed by atoms with Crippen LogP contribution in [0.25, 0.3) is 10.2 Å². The molecule has 1 saturated heterocycles. The van der Waals surface area contributed by atoms with Crippen LogP contribution in [0.3, 0.4) is 0 Å². The van der Waals surface area contributed by atoms with E-state index in [0.717, 1.165) is 33.8 Å². The van der Waals surface area contributed by atoms with E-state index >= 15 is 0 Å². The smallest absolute Gasteiger partial charge is 0.261 e. The molecule has 0 spiro atoms.